The van der Waals surface area contributed by atoms with E-state index in [0.29, 0.717) is 29.0 Å². The van der Waals surface area contributed by atoms with Crippen molar-refractivity contribution in [2.75, 3.05) is 0 Å². The van der Waals surface area contributed by atoms with Gasteiger partial charge >= 0.3 is 0 Å². The van der Waals surface area contributed by atoms with E-state index < -0.39 is 0 Å². The van der Waals surface area contributed by atoms with Crippen molar-refractivity contribution in [2.24, 2.45) is 40.4 Å². The van der Waals surface area contributed by atoms with Gasteiger partial charge in [-0.3, -0.25) is 0 Å². The molecule has 2 nitrogen and oxygen atoms in total. The predicted molar refractivity (Wildman–Crippen MR) is 107 cm³/mol. The van der Waals surface area contributed by atoms with E-state index in [4.69, 9.17) is 4.74 Å². The Morgan fingerprint density at radius 1 is 0.846 bits per heavy atom. The number of fused-ring (bicyclic) bond motifs is 5. The van der Waals surface area contributed by atoms with Crippen LogP contribution in [0.2, 0.25) is 0 Å². The molecule has 4 rings (SSSR count). The maximum Gasteiger partial charge on any atom is 0.0581 e. The fraction of sp³-hybridized carbons (Fsp3) is 1.00. The zero-order valence-corrected chi connectivity index (χ0v) is 17.8. The molecule has 4 aliphatic carbocycles. The summed E-state index contributed by atoms with van der Waals surface area (Å²) in [6.45, 7) is 11.6. The fourth-order valence-electron chi connectivity index (χ4n) is 8.56. The van der Waals surface area contributed by atoms with Gasteiger partial charge in [-0.2, -0.15) is 0 Å². The summed E-state index contributed by atoms with van der Waals surface area (Å²) in [6.07, 6.45) is 12.9. The van der Waals surface area contributed by atoms with Crippen molar-refractivity contribution >= 4 is 0 Å². The topological polar surface area (TPSA) is 29.5 Å². The molecule has 0 spiro atoms. The highest BCUT2D eigenvalue weighted by molar-refractivity contribution is 5.09. The van der Waals surface area contributed by atoms with Gasteiger partial charge in [-0.25, -0.2) is 0 Å². The van der Waals surface area contributed by atoms with E-state index in [-0.39, 0.29) is 6.10 Å². The minimum absolute atomic E-state index is 0.128. The first kappa shape index (κ1) is 19.2. The zero-order valence-electron chi connectivity index (χ0n) is 17.8. The molecule has 0 aromatic rings. The van der Waals surface area contributed by atoms with E-state index >= 15 is 0 Å². The van der Waals surface area contributed by atoms with Crippen molar-refractivity contribution in [3.8, 4) is 0 Å². The van der Waals surface area contributed by atoms with Crippen LogP contribution in [0.15, 0.2) is 0 Å². The third-order valence-corrected chi connectivity index (χ3v) is 9.74. The van der Waals surface area contributed by atoms with Gasteiger partial charge in [0.05, 0.1) is 18.3 Å². The molecule has 0 saturated heterocycles. The van der Waals surface area contributed by atoms with Gasteiger partial charge in [-0.15, -0.1) is 0 Å². The van der Waals surface area contributed by atoms with Gasteiger partial charge < -0.3 is 9.84 Å². The number of aliphatic hydroxyl groups excluding tert-OH is 1. The number of aliphatic hydroxyl groups is 1. The summed E-state index contributed by atoms with van der Waals surface area (Å²) in [7, 11) is 0. The smallest absolute Gasteiger partial charge is 0.0581 e. The molecular formula is C24H42O2. The minimum Gasteiger partial charge on any atom is -0.393 e. The van der Waals surface area contributed by atoms with Crippen LogP contribution in [0.25, 0.3) is 0 Å². The average Bonchev–Trinajstić information content (AvgIpc) is 2.92. The average molecular weight is 363 g/mol. The number of hydrogen-bond acceptors (Lipinski definition) is 2. The Morgan fingerprint density at radius 2 is 1.54 bits per heavy atom. The highest BCUT2D eigenvalue weighted by Gasteiger charge is 2.60. The molecule has 0 aromatic heterocycles. The Hall–Kier alpha value is -0.0800. The largest absolute Gasteiger partial charge is 0.393 e. The first-order chi connectivity index (χ1) is 12.3. The van der Waals surface area contributed by atoms with Crippen LogP contribution in [-0.4, -0.2) is 23.4 Å². The van der Waals surface area contributed by atoms with Gasteiger partial charge in [0.2, 0.25) is 0 Å². The van der Waals surface area contributed by atoms with Crippen molar-refractivity contribution in [3.63, 3.8) is 0 Å². The Kier molecular flexibility index (Phi) is 5.01. The Labute approximate surface area is 161 Å². The lowest BCUT2D eigenvalue weighted by atomic mass is 9.44. The van der Waals surface area contributed by atoms with Crippen molar-refractivity contribution in [3.05, 3.63) is 0 Å². The summed E-state index contributed by atoms with van der Waals surface area (Å²) >= 11 is 0. The highest BCUT2D eigenvalue weighted by atomic mass is 16.5. The summed E-state index contributed by atoms with van der Waals surface area (Å²) in [6, 6.07) is 0. The molecule has 9 unspecified atom stereocenters. The zero-order chi connectivity index (χ0) is 18.7. The first-order valence-corrected chi connectivity index (χ1v) is 11.6. The van der Waals surface area contributed by atoms with E-state index in [9.17, 15) is 5.11 Å². The normalized spacial score (nSPS) is 52.3. The lowest BCUT2D eigenvalue weighted by molar-refractivity contribution is -0.144. The van der Waals surface area contributed by atoms with Crippen LogP contribution in [0.5, 0.6) is 0 Å². The molecule has 9 atom stereocenters. The maximum atomic E-state index is 10.4. The molecule has 0 heterocycles. The lowest BCUT2D eigenvalue weighted by Gasteiger charge is -2.61. The molecule has 0 aromatic carbocycles. The van der Waals surface area contributed by atoms with Crippen LogP contribution in [0, 0.1) is 40.4 Å². The second-order valence-electron chi connectivity index (χ2n) is 11.2. The summed E-state index contributed by atoms with van der Waals surface area (Å²) in [4.78, 5) is 0. The molecule has 4 saturated carbocycles. The van der Waals surface area contributed by atoms with Gasteiger partial charge in [0.25, 0.3) is 0 Å². The minimum atomic E-state index is -0.128. The maximum absolute atomic E-state index is 10.4. The first-order valence-electron chi connectivity index (χ1n) is 11.6. The third kappa shape index (κ3) is 2.89. The molecular weight excluding hydrogens is 320 g/mol. The molecule has 150 valence electrons. The molecule has 4 aliphatic rings. The van der Waals surface area contributed by atoms with E-state index in [1.165, 1.54) is 57.8 Å². The van der Waals surface area contributed by atoms with Crippen molar-refractivity contribution in [2.45, 2.75) is 111 Å². The van der Waals surface area contributed by atoms with Crippen molar-refractivity contribution < 1.29 is 9.84 Å². The Morgan fingerprint density at radius 3 is 2.23 bits per heavy atom. The Balaban J connectivity index is 1.52. The van der Waals surface area contributed by atoms with Gasteiger partial charge in [0, 0.05) is 0 Å². The summed E-state index contributed by atoms with van der Waals surface area (Å²) in [5.41, 5.74) is 0.945. The molecule has 26 heavy (non-hydrogen) atoms. The highest BCUT2D eigenvalue weighted by Crippen LogP contribution is 2.67. The van der Waals surface area contributed by atoms with Gasteiger partial charge in [0.15, 0.2) is 0 Å². The van der Waals surface area contributed by atoms with E-state index in [0.717, 1.165) is 23.7 Å². The molecule has 2 heteroatoms. The monoisotopic (exact) mass is 362 g/mol. The van der Waals surface area contributed by atoms with E-state index in [1.807, 2.05) is 6.92 Å². The van der Waals surface area contributed by atoms with Crippen LogP contribution < -0.4 is 0 Å². The van der Waals surface area contributed by atoms with Crippen molar-refractivity contribution in [1.82, 2.24) is 0 Å². The summed E-state index contributed by atoms with van der Waals surface area (Å²) in [5.74, 6) is 4.12. The second kappa shape index (κ2) is 6.76. The van der Waals surface area contributed by atoms with E-state index in [2.05, 4.69) is 27.7 Å². The Bertz CT molecular complexity index is 514. The summed E-state index contributed by atoms with van der Waals surface area (Å²) < 4.78 is 6.22. The lowest BCUT2D eigenvalue weighted by Crippen LogP contribution is -2.54. The second-order valence-corrected chi connectivity index (χ2v) is 11.2. The number of hydrogen-bond donors (Lipinski definition) is 1. The molecule has 4 fully saturated rings. The van der Waals surface area contributed by atoms with Gasteiger partial charge in [-0.05, 0) is 119 Å². The number of rotatable bonds is 3. The quantitative estimate of drug-likeness (QED) is 0.685. The molecule has 1 N–H and O–H groups in total. The predicted octanol–water partition coefficient (Wildman–Crippen LogP) is 5.82. The molecule has 0 radical (unpaired) electrons. The fourth-order valence-corrected chi connectivity index (χ4v) is 8.56. The van der Waals surface area contributed by atoms with Crippen LogP contribution in [0.4, 0.5) is 0 Å². The van der Waals surface area contributed by atoms with Crippen molar-refractivity contribution in [1.29, 1.82) is 0 Å². The van der Waals surface area contributed by atoms with Gasteiger partial charge in [0.1, 0.15) is 0 Å². The van der Waals surface area contributed by atoms with Crippen LogP contribution >= 0.6 is 0 Å². The molecule has 0 aliphatic heterocycles. The van der Waals surface area contributed by atoms with Crippen LogP contribution in [0.1, 0.15) is 92.4 Å². The summed E-state index contributed by atoms with van der Waals surface area (Å²) in [5, 5.41) is 10.4. The number of ether oxygens (including phenoxy) is 1. The SMILES string of the molecule is CC(C)OC1CCC2(C)C(CCC3C2CCC2(C)C(C(C)O)CCC32)C1. The molecule has 0 amide bonds. The standard InChI is InChI=1S/C24H42O2/c1-15(2)26-18-10-12-23(4)17(14-18)6-7-19-21-9-8-20(16(3)25)24(21,5)13-11-22(19)23/h15-22,25H,6-14H2,1-5H3. The van der Waals surface area contributed by atoms with Crippen LogP contribution in [-0.2, 0) is 4.74 Å². The molecule has 0 bridgehead atoms. The third-order valence-electron chi connectivity index (χ3n) is 9.74. The van der Waals surface area contributed by atoms with Crippen LogP contribution in [0.3, 0.4) is 0 Å². The van der Waals surface area contributed by atoms with E-state index in [1.54, 1.807) is 0 Å². The van der Waals surface area contributed by atoms with Gasteiger partial charge in [-0.1, -0.05) is 13.8 Å².